The lowest BCUT2D eigenvalue weighted by Gasteiger charge is -2.14. The minimum absolute atomic E-state index is 0.275. The van der Waals surface area contributed by atoms with E-state index in [-0.39, 0.29) is 5.92 Å². The molecule has 0 saturated heterocycles. The van der Waals surface area contributed by atoms with E-state index in [2.05, 4.69) is 5.32 Å². The summed E-state index contributed by atoms with van der Waals surface area (Å²) < 4.78 is 0. The summed E-state index contributed by atoms with van der Waals surface area (Å²) in [4.78, 5) is 0. The summed E-state index contributed by atoms with van der Waals surface area (Å²) in [6, 6.07) is 7.24. The Labute approximate surface area is 78.6 Å². The van der Waals surface area contributed by atoms with Crippen LogP contribution in [0.25, 0.3) is 0 Å². The van der Waals surface area contributed by atoms with Gasteiger partial charge in [-0.2, -0.15) is 0 Å². The van der Waals surface area contributed by atoms with Crippen molar-refractivity contribution in [3.63, 3.8) is 0 Å². The molecule has 1 rings (SSSR count). The van der Waals surface area contributed by atoms with E-state index >= 15 is 0 Å². The van der Waals surface area contributed by atoms with Crippen LogP contribution in [-0.2, 0) is 0 Å². The largest absolute Gasteiger partial charge is 0.508 e. The minimum Gasteiger partial charge on any atom is -0.508 e. The molecule has 0 spiro atoms. The summed E-state index contributed by atoms with van der Waals surface area (Å²) in [5, 5.41) is 12.3. The number of nitrogens with one attached hydrogen (secondary N) is 1. The third-order valence-electron chi connectivity index (χ3n) is 2.08. The number of phenols is 1. The molecule has 4 N–H and O–H groups in total. The lowest BCUT2D eigenvalue weighted by molar-refractivity contribution is 0.473. The maximum atomic E-state index is 9.26. The first-order valence-corrected chi connectivity index (χ1v) is 4.41. The van der Waals surface area contributed by atoms with Gasteiger partial charge in [0.25, 0.3) is 0 Å². The fourth-order valence-electron chi connectivity index (χ4n) is 1.36. The third-order valence-corrected chi connectivity index (χ3v) is 2.08. The molecule has 0 amide bonds. The van der Waals surface area contributed by atoms with E-state index in [1.807, 2.05) is 19.2 Å². The Morgan fingerprint density at radius 2 is 2.31 bits per heavy atom. The van der Waals surface area contributed by atoms with Crippen LogP contribution < -0.4 is 11.1 Å². The smallest absolute Gasteiger partial charge is 0.115 e. The fourth-order valence-corrected chi connectivity index (χ4v) is 1.36. The molecule has 1 aromatic rings. The van der Waals surface area contributed by atoms with Crippen molar-refractivity contribution in [3.05, 3.63) is 29.8 Å². The van der Waals surface area contributed by atoms with Gasteiger partial charge in [-0.1, -0.05) is 12.1 Å². The third kappa shape index (κ3) is 2.72. The first-order valence-electron chi connectivity index (χ1n) is 4.41. The zero-order chi connectivity index (χ0) is 9.68. The highest BCUT2D eigenvalue weighted by Crippen LogP contribution is 2.18. The van der Waals surface area contributed by atoms with Crippen LogP contribution in [0.2, 0.25) is 0 Å². The van der Waals surface area contributed by atoms with Crippen molar-refractivity contribution in [1.82, 2.24) is 5.32 Å². The molecule has 1 aromatic carbocycles. The second-order valence-corrected chi connectivity index (χ2v) is 3.09. The molecule has 1 atom stereocenters. The first kappa shape index (κ1) is 10.0. The van der Waals surface area contributed by atoms with E-state index in [0.717, 1.165) is 12.1 Å². The number of hydrogen-bond donors (Lipinski definition) is 3. The highest BCUT2D eigenvalue weighted by molar-refractivity contribution is 5.30. The van der Waals surface area contributed by atoms with Crippen molar-refractivity contribution in [2.75, 3.05) is 20.1 Å². The van der Waals surface area contributed by atoms with Crippen molar-refractivity contribution >= 4 is 0 Å². The zero-order valence-electron chi connectivity index (χ0n) is 7.83. The summed E-state index contributed by atoms with van der Waals surface area (Å²) in [5.74, 6) is 0.573. The van der Waals surface area contributed by atoms with Crippen molar-refractivity contribution in [1.29, 1.82) is 0 Å². The molecule has 0 aliphatic heterocycles. The zero-order valence-corrected chi connectivity index (χ0v) is 7.83. The minimum atomic E-state index is 0.275. The quantitative estimate of drug-likeness (QED) is 0.637. The van der Waals surface area contributed by atoms with Crippen molar-refractivity contribution in [2.45, 2.75) is 5.92 Å². The highest BCUT2D eigenvalue weighted by atomic mass is 16.3. The van der Waals surface area contributed by atoms with Gasteiger partial charge in [-0.15, -0.1) is 0 Å². The second-order valence-electron chi connectivity index (χ2n) is 3.09. The molecule has 1 unspecified atom stereocenters. The molecule has 0 aromatic heterocycles. The molecule has 0 aliphatic rings. The molecule has 0 heterocycles. The maximum absolute atomic E-state index is 9.26. The maximum Gasteiger partial charge on any atom is 0.115 e. The molecular formula is C10H16N2O. The molecule has 0 aliphatic carbocycles. The van der Waals surface area contributed by atoms with Crippen LogP contribution in [0.3, 0.4) is 0 Å². The van der Waals surface area contributed by atoms with Gasteiger partial charge >= 0.3 is 0 Å². The standard InChI is InChI=1S/C10H16N2O/c1-12-7-9(6-11)8-3-2-4-10(13)5-8/h2-5,9,12-13H,6-7,11H2,1H3. The Bertz CT molecular complexity index is 263. The summed E-state index contributed by atoms with van der Waals surface area (Å²) in [6.07, 6.45) is 0. The molecule has 0 bridgehead atoms. The lowest BCUT2D eigenvalue weighted by atomic mass is 9.99. The predicted octanol–water partition coefficient (Wildman–Crippen LogP) is 0.654. The Kier molecular flexibility index (Phi) is 3.73. The van der Waals surface area contributed by atoms with Crippen LogP contribution in [0.1, 0.15) is 11.5 Å². The molecule has 72 valence electrons. The molecule has 3 heteroatoms. The molecular weight excluding hydrogens is 164 g/mol. The molecule has 0 radical (unpaired) electrons. The molecule has 3 nitrogen and oxygen atoms in total. The Hall–Kier alpha value is -1.06. The van der Waals surface area contributed by atoms with Crippen LogP contribution in [0.4, 0.5) is 0 Å². The molecule has 0 fully saturated rings. The second kappa shape index (κ2) is 4.84. The van der Waals surface area contributed by atoms with Gasteiger partial charge in [-0.3, -0.25) is 0 Å². The number of aromatic hydroxyl groups is 1. The molecule has 0 saturated carbocycles. The molecule has 13 heavy (non-hydrogen) atoms. The number of benzene rings is 1. The summed E-state index contributed by atoms with van der Waals surface area (Å²) in [7, 11) is 1.89. The average Bonchev–Trinajstić information content (AvgIpc) is 2.14. The number of likely N-dealkylation sites (N-methyl/N-ethyl adjacent to an activating group) is 1. The van der Waals surface area contributed by atoms with E-state index in [0.29, 0.717) is 12.3 Å². The topological polar surface area (TPSA) is 58.3 Å². The Balaban J connectivity index is 2.78. The van der Waals surface area contributed by atoms with E-state index in [1.54, 1.807) is 12.1 Å². The van der Waals surface area contributed by atoms with Gasteiger partial charge in [-0.05, 0) is 24.7 Å². The normalized spacial score (nSPS) is 12.8. The van der Waals surface area contributed by atoms with Crippen LogP contribution in [-0.4, -0.2) is 25.2 Å². The van der Waals surface area contributed by atoms with Gasteiger partial charge in [0.1, 0.15) is 5.75 Å². The van der Waals surface area contributed by atoms with Crippen molar-refractivity contribution in [2.24, 2.45) is 5.73 Å². The van der Waals surface area contributed by atoms with Gasteiger partial charge in [0.15, 0.2) is 0 Å². The highest BCUT2D eigenvalue weighted by Gasteiger charge is 2.08. The van der Waals surface area contributed by atoms with Crippen LogP contribution in [0, 0.1) is 0 Å². The van der Waals surface area contributed by atoms with Crippen molar-refractivity contribution < 1.29 is 5.11 Å². The fraction of sp³-hybridized carbons (Fsp3) is 0.400. The van der Waals surface area contributed by atoms with E-state index < -0.39 is 0 Å². The van der Waals surface area contributed by atoms with Crippen molar-refractivity contribution in [3.8, 4) is 5.75 Å². The van der Waals surface area contributed by atoms with Crippen LogP contribution in [0.15, 0.2) is 24.3 Å². The summed E-state index contributed by atoms with van der Waals surface area (Å²) in [6.45, 7) is 1.42. The van der Waals surface area contributed by atoms with Crippen LogP contribution in [0.5, 0.6) is 5.75 Å². The van der Waals surface area contributed by atoms with E-state index in [1.165, 1.54) is 0 Å². The number of hydrogen-bond acceptors (Lipinski definition) is 3. The first-order chi connectivity index (χ1) is 6.27. The number of rotatable bonds is 4. The number of nitrogens with two attached hydrogens (primary N) is 1. The van der Waals surface area contributed by atoms with Gasteiger partial charge in [0, 0.05) is 19.0 Å². The van der Waals surface area contributed by atoms with E-state index in [9.17, 15) is 5.11 Å². The SMILES string of the molecule is CNCC(CN)c1cccc(O)c1. The lowest BCUT2D eigenvalue weighted by Crippen LogP contribution is -2.23. The summed E-state index contributed by atoms with van der Waals surface area (Å²) >= 11 is 0. The number of phenolic OH excluding ortho intramolecular Hbond substituents is 1. The van der Waals surface area contributed by atoms with E-state index in [4.69, 9.17) is 5.73 Å². The average molecular weight is 180 g/mol. The van der Waals surface area contributed by atoms with Gasteiger partial charge < -0.3 is 16.2 Å². The van der Waals surface area contributed by atoms with Gasteiger partial charge in [0.05, 0.1) is 0 Å². The van der Waals surface area contributed by atoms with Gasteiger partial charge in [-0.25, -0.2) is 0 Å². The Morgan fingerprint density at radius 3 is 2.85 bits per heavy atom. The van der Waals surface area contributed by atoms with Crippen LogP contribution >= 0.6 is 0 Å². The van der Waals surface area contributed by atoms with Gasteiger partial charge in [0.2, 0.25) is 0 Å². The monoisotopic (exact) mass is 180 g/mol. The Morgan fingerprint density at radius 1 is 1.54 bits per heavy atom. The summed E-state index contributed by atoms with van der Waals surface area (Å²) in [5.41, 5.74) is 6.70. The predicted molar refractivity (Wildman–Crippen MR) is 53.8 cm³/mol.